The van der Waals surface area contributed by atoms with E-state index in [1.54, 1.807) is 12.1 Å². The van der Waals surface area contributed by atoms with Gasteiger partial charge < -0.3 is 20.3 Å². The zero-order valence-electron chi connectivity index (χ0n) is 23.0. The van der Waals surface area contributed by atoms with Crippen LogP contribution in [0.3, 0.4) is 0 Å². The first-order valence-corrected chi connectivity index (χ1v) is 13.9. The zero-order chi connectivity index (χ0) is 26.9. The highest BCUT2D eigenvalue weighted by Gasteiger charge is 2.04. The summed E-state index contributed by atoms with van der Waals surface area (Å²) in [5.74, 6) is -0.350. The number of unbranched alkanes of at least 4 members (excludes halogenated alkanes) is 11. The Morgan fingerprint density at radius 1 is 0.889 bits per heavy atom. The topological polar surface area (TPSA) is 95.9 Å². The van der Waals surface area contributed by atoms with Gasteiger partial charge in [0.1, 0.15) is 6.61 Å². The predicted molar refractivity (Wildman–Crippen MR) is 149 cm³/mol. The van der Waals surface area contributed by atoms with Crippen molar-refractivity contribution in [2.24, 2.45) is 0 Å². The van der Waals surface area contributed by atoms with Crippen molar-refractivity contribution in [1.82, 2.24) is 5.32 Å². The number of allylic oxidation sites excluding steroid dienone is 2. The molecule has 0 atom stereocenters. The van der Waals surface area contributed by atoms with Gasteiger partial charge in [0.2, 0.25) is 0 Å². The lowest BCUT2D eigenvalue weighted by Crippen LogP contribution is -2.10. The van der Waals surface area contributed by atoms with Crippen molar-refractivity contribution in [2.75, 3.05) is 20.2 Å². The van der Waals surface area contributed by atoms with Gasteiger partial charge in [-0.1, -0.05) is 70.4 Å². The average molecular weight is 506 g/mol. The number of carbonyl (C=O) groups excluding carboxylic acids is 2. The number of rotatable bonds is 20. The molecule has 0 saturated heterocycles. The summed E-state index contributed by atoms with van der Waals surface area (Å²) in [5, 5.41) is 21.5. The maximum Gasteiger partial charge on any atom is 0.306 e. The molecule has 0 saturated carbocycles. The summed E-state index contributed by atoms with van der Waals surface area (Å²) in [6.07, 6.45) is 22.8. The van der Waals surface area contributed by atoms with Gasteiger partial charge in [0, 0.05) is 6.42 Å². The van der Waals surface area contributed by atoms with E-state index in [0.29, 0.717) is 12.7 Å². The Kier molecular flexibility index (Phi) is 22.8. The van der Waals surface area contributed by atoms with Gasteiger partial charge >= 0.3 is 5.97 Å². The van der Waals surface area contributed by atoms with Crippen molar-refractivity contribution in [3.8, 4) is 11.5 Å². The molecule has 0 heterocycles. The summed E-state index contributed by atoms with van der Waals surface area (Å²) in [4.78, 5) is 21.2. The van der Waals surface area contributed by atoms with E-state index < -0.39 is 0 Å². The SMILES string of the molecule is CCCCCCCC/C=C\CCCCCCCC(=O)OCC=O.CNCCc1cc(O)c(O)cc1C. The number of aldehydes is 1. The molecule has 0 fully saturated rings. The average Bonchev–Trinajstić information content (AvgIpc) is 2.87. The highest BCUT2D eigenvalue weighted by Crippen LogP contribution is 2.27. The number of hydrogen-bond donors (Lipinski definition) is 3. The van der Waals surface area contributed by atoms with Gasteiger partial charge in [-0.3, -0.25) is 9.59 Å². The molecule has 36 heavy (non-hydrogen) atoms. The van der Waals surface area contributed by atoms with Gasteiger partial charge in [-0.2, -0.15) is 0 Å². The molecule has 206 valence electrons. The monoisotopic (exact) mass is 505 g/mol. The number of carbonyl (C=O) groups is 2. The van der Waals surface area contributed by atoms with Gasteiger partial charge in [0.25, 0.3) is 0 Å². The van der Waals surface area contributed by atoms with Crippen LogP contribution >= 0.6 is 0 Å². The molecule has 6 nitrogen and oxygen atoms in total. The highest BCUT2D eigenvalue weighted by molar-refractivity contribution is 5.71. The second-order valence-electron chi connectivity index (χ2n) is 9.30. The van der Waals surface area contributed by atoms with Gasteiger partial charge in [0.15, 0.2) is 17.8 Å². The minimum Gasteiger partial charge on any atom is -0.504 e. The van der Waals surface area contributed by atoms with Crippen LogP contribution in [0.1, 0.15) is 108 Å². The van der Waals surface area contributed by atoms with Crippen LogP contribution in [0.25, 0.3) is 0 Å². The van der Waals surface area contributed by atoms with Crippen LogP contribution < -0.4 is 5.32 Å². The quantitative estimate of drug-likeness (QED) is 0.0584. The standard InChI is InChI=1S/C20H36O3.C10H15NO2/c1-2-3-4-5-6-7-8-9-10-11-12-13-14-15-16-17-20(22)23-19-18-21;1-7-5-9(12)10(13)6-8(7)3-4-11-2/h9-10,18H,2-8,11-17,19H2,1H3;5-6,11-13H,3-4H2,1-2H3/b10-9-;. The molecule has 0 amide bonds. The van der Waals surface area contributed by atoms with E-state index in [4.69, 9.17) is 4.74 Å². The molecule has 1 rings (SSSR count). The summed E-state index contributed by atoms with van der Waals surface area (Å²) in [5.41, 5.74) is 2.07. The van der Waals surface area contributed by atoms with Crippen LogP contribution in [0.4, 0.5) is 0 Å². The first-order valence-electron chi connectivity index (χ1n) is 13.9. The molecule has 0 aliphatic rings. The smallest absolute Gasteiger partial charge is 0.306 e. The molecule has 0 aliphatic heterocycles. The number of likely N-dealkylation sites (N-methyl/N-ethyl adjacent to an activating group) is 1. The van der Waals surface area contributed by atoms with Gasteiger partial charge in [-0.15, -0.1) is 0 Å². The molecule has 0 radical (unpaired) electrons. The highest BCUT2D eigenvalue weighted by atomic mass is 16.5. The van der Waals surface area contributed by atoms with Gasteiger partial charge in [-0.25, -0.2) is 0 Å². The molecule has 1 aromatic carbocycles. The Morgan fingerprint density at radius 2 is 1.44 bits per heavy atom. The molecular weight excluding hydrogens is 454 g/mol. The summed E-state index contributed by atoms with van der Waals surface area (Å²) in [6, 6.07) is 3.20. The van der Waals surface area contributed by atoms with Crippen LogP contribution in [-0.2, 0) is 20.7 Å². The molecule has 0 aromatic heterocycles. The van der Waals surface area contributed by atoms with Crippen LogP contribution in [0.2, 0.25) is 0 Å². The summed E-state index contributed by atoms with van der Waals surface area (Å²) in [7, 11) is 1.88. The second kappa shape index (κ2) is 24.4. The normalized spacial score (nSPS) is 10.8. The third kappa shape index (κ3) is 19.9. The predicted octanol–water partition coefficient (Wildman–Crippen LogP) is 6.93. The number of phenolic OH excluding ortho intramolecular Hbond substituents is 2. The first-order chi connectivity index (χ1) is 17.5. The van der Waals surface area contributed by atoms with Crippen LogP contribution in [-0.4, -0.2) is 42.7 Å². The maximum atomic E-state index is 11.1. The lowest BCUT2D eigenvalue weighted by Gasteiger charge is -2.07. The maximum absolute atomic E-state index is 11.1. The number of phenols is 2. The fourth-order valence-electron chi connectivity index (χ4n) is 3.79. The summed E-state index contributed by atoms with van der Waals surface area (Å²) >= 11 is 0. The summed E-state index contributed by atoms with van der Waals surface area (Å²) in [6.45, 7) is 4.94. The van der Waals surface area contributed by atoms with Crippen molar-refractivity contribution in [1.29, 1.82) is 0 Å². The van der Waals surface area contributed by atoms with E-state index in [9.17, 15) is 19.8 Å². The van der Waals surface area contributed by atoms with Crippen molar-refractivity contribution in [2.45, 2.75) is 110 Å². The lowest BCUT2D eigenvalue weighted by molar-refractivity contribution is -0.145. The molecule has 3 N–H and O–H groups in total. The van der Waals surface area contributed by atoms with E-state index >= 15 is 0 Å². The fourth-order valence-corrected chi connectivity index (χ4v) is 3.79. The van der Waals surface area contributed by atoms with Gasteiger partial charge in [-0.05, 0) is 82.3 Å². The zero-order valence-corrected chi connectivity index (χ0v) is 23.0. The Morgan fingerprint density at radius 3 is 2.03 bits per heavy atom. The number of esters is 1. The second-order valence-corrected chi connectivity index (χ2v) is 9.30. The number of benzene rings is 1. The minimum atomic E-state index is -0.255. The number of aromatic hydroxyl groups is 2. The van der Waals surface area contributed by atoms with Crippen molar-refractivity contribution < 1.29 is 24.5 Å². The lowest BCUT2D eigenvalue weighted by atomic mass is 10.0. The number of aryl methyl sites for hydroxylation is 1. The van der Waals surface area contributed by atoms with E-state index in [-0.39, 0.29) is 24.1 Å². The van der Waals surface area contributed by atoms with Crippen molar-refractivity contribution in [3.05, 3.63) is 35.4 Å². The Labute approximate surface area is 219 Å². The van der Waals surface area contributed by atoms with E-state index in [1.165, 1.54) is 70.6 Å². The van der Waals surface area contributed by atoms with Gasteiger partial charge in [0.05, 0.1) is 0 Å². The molecule has 1 aromatic rings. The molecule has 0 aliphatic carbocycles. The first kappa shape index (κ1) is 33.7. The molecule has 6 heteroatoms. The number of nitrogens with one attached hydrogen (secondary N) is 1. The van der Waals surface area contributed by atoms with Crippen LogP contribution in [0, 0.1) is 6.92 Å². The molecule has 0 bridgehead atoms. The van der Waals surface area contributed by atoms with Crippen LogP contribution in [0.5, 0.6) is 11.5 Å². The number of ether oxygens (including phenoxy) is 1. The fraction of sp³-hybridized carbons (Fsp3) is 0.667. The molecule has 0 unspecified atom stereocenters. The Balaban J connectivity index is 0.000000790. The minimum absolute atomic E-state index is 0.0447. The van der Waals surface area contributed by atoms with E-state index in [0.717, 1.165) is 36.9 Å². The third-order valence-electron chi connectivity index (χ3n) is 6.03. The Hall–Kier alpha value is -2.34. The largest absolute Gasteiger partial charge is 0.504 e. The third-order valence-corrected chi connectivity index (χ3v) is 6.03. The summed E-state index contributed by atoms with van der Waals surface area (Å²) < 4.78 is 4.69. The van der Waals surface area contributed by atoms with Crippen molar-refractivity contribution in [3.63, 3.8) is 0 Å². The van der Waals surface area contributed by atoms with Crippen LogP contribution in [0.15, 0.2) is 24.3 Å². The Bertz CT molecular complexity index is 718. The number of hydrogen-bond acceptors (Lipinski definition) is 6. The molecule has 0 spiro atoms. The van der Waals surface area contributed by atoms with E-state index in [2.05, 4.69) is 24.4 Å². The van der Waals surface area contributed by atoms with Crippen molar-refractivity contribution >= 4 is 12.3 Å². The van der Waals surface area contributed by atoms with E-state index in [1.807, 2.05) is 14.0 Å². The molecular formula is C30H51NO5.